The first kappa shape index (κ1) is 14.5. The second-order valence-electron chi connectivity index (χ2n) is 5.34. The van der Waals surface area contributed by atoms with Gasteiger partial charge in [0.05, 0.1) is 6.61 Å². The Labute approximate surface area is 105 Å². The van der Waals surface area contributed by atoms with Crippen molar-refractivity contribution >= 4 is 5.97 Å². The van der Waals surface area contributed by atoms with Gasteiger partial charge in [-0.15, -0.1) is 0 Å². The van der Waals surface area contributed by atoms with Gasteiger partial charge in [0.25, 0.3) is 0 Å². The van der Waals surface area contributed by atoms with Crippen LogP contribution in [0.1, 0.15) is 52.9 Å². The molecule has 1 unspecified atom stereocenters. The molecule has 0 heterocycles. The minimum absolute atomic E-state index is 0.134. The largest absolute Gasteiger partial charge is 0.465 e. The number of hydrogen-bond donors (Lipinski definition) is 1. The number of rotatable bonds is 6. The van der Waals surface area contributed by atoms with E-state index in [0.717, 1.165) is 18.4 Å². The van der Waals surface area contributed by atoms with E-state index in [0.29, 0.717) is 6.61 Å². The van der Waals surface area contributed by atoms with Gasteiger partial charge in [0, 0.05) is 0 Å². The van der Waals surface area contributed by atoms with Gasteiger partial charge in [-0.3, -0.25) is 4.79 Å². The summed E-state index contributed by atoms with van der Waals surface area (Å²) in [7, 11) is 0. The first-order valence-electron chi connectivity index (χ1n) is 7.03. The van der Waals surface area contributed by atoms with Gasteiger partial charge in [-0.25, -0.2) is 0 Å². The predicted octanol–water partition coefficient (Wildman–Crippen LogP) is 2.74. The highest BCUT2D eigenvalue weighted by atomic mass is 16.5. The summed E-state index contributed by atoms with van der Waals surface area (Å²) in [5.41, 5.74) is 0. The van der Waals surface area contributed by atoms with Crippen LogP contribution in [0.4, 0.5) is 0 Å². The number of hydrogen-bond acceptors (Lipinski definition) is 3. The molecule has 1 fully saturated rings. The van der Waals surface area contributed by atoms with E-state index >= 15 is 0 Å². The maximum Gasteiger partial charge on any atom is 0.322 e. The molecule has 17 heavy (non-hydrogen) atoms. The summed E-state index contributed by atoms with van der Waals surface area (Å²) in [4.78, 5) is 11.4. The summed E-state index contributed by atoms with van der Waals surface area (Å²) in [6.45, 7) is 7.45. The quantitative estimate of drug-likeness (QED) is 0.727. The van der Waals surface area contributed by atoms with E-state index in [2.05, 4.69) is 12.2 Å². The Morgan fingerprint density at radius 1 is 1.35 bits per heavy atom. The Morgan fingerprint density at radius 2 is 2.00 bits per heavy atom. The van der Waals surface area contributed by atoms with Crippen molar-refractivity contribution < 1.29 is 9.53 Å². The molecule has 0 aromatic carbocycles. The second-order valence-corrected chi connectivity index (χ2v) is 5.34. The maximum atomic E-state index is 11.4. The molecule has 0 spiro atoms. The molecule has 1 aliphatic rings. The lowest BCUT2D eigenvalue weighted by Crippen LogP contribution is -2.36. The van der Waals surface area contributed by atoms with Crippen LogP contribution >= 0.6 is 0 Å². The number of ether oxygens (including phenoxy) is 1. The topological polar surface area (TPSA) is 38.3 Å². The minimum Gasteiger partial charge on any atom is -0.465 e. The highest BCUT2D eigenvalue weighted by Crippen LogP contribution is 2.29. The van der Waals surface area contributed by atoms with Gasteiger partial charge in [-0.05, 0) is 38.6 Å². The average Bonchev–Trinajstić information content (AvgIpc) is 2.32. The lowest BCUT2D eigenvalue weighted by molar-refractivity contribution is -0.145. The summed E-state index contributed by atoms with van der Waals surface area (Å²) < 4.78 is 4.96. The zero-order chi connectivity index (χ0) is 12.7. The lowest BCUT2D eigenvalue weighted by Gasteiger charge is -2.26. The van der Waals surface area contributed by atoms with Crippen molar-refractivity contribution in [2.45, 2.75) is 58.9 Å². The fourth-order valence-corrected chi connectivity index (χ4v) is 2.47. The normalized spacial score (nSPS) is 26.5. The molecular formula is C14H27NO2. The van der Waals surface area contributed by atoms with Crippen LogP contribution in [0.25, 0.3) is 0 Å². The van der Waals surface area contributed by atoms with Crippen molar-refractivity contribution in [3.05, 3.63) is 0 Å². The number of carbonyl (C=O) groups excluding carboxylic acids is 1. The van der Waals surface area contributed by atoms with Crippen LogP contribution in [0.2, 0.25) is 0 Å². The van der Waals surface area contributed by atoms with E-state index in [4.69, 9.17) is 4.74 Å². The second kappa shape index (κ2) is 7.70. The van der Waals surface area contributed by atoms with Gasteiger partial charge in [0.1, 0.15) is 6.04 Å². The predicted molar refractivity (Wildman–Crippen MR) is 69.8 cm³/mol. The number of carbonyl (C=O) groups is 1. The number of esters is 1. The summed E-state index contributed by atoms with van der Waals surface area (Å²) in [5.74, 6) is 1.63. The Morgan fingerprint density at radius 3 is 2.59 bits per heavy atom. The zero-order valence-electron chi connectivity index (χ0n) is 11.5. The lowest BCUT2D eigenvalue weighted by atomic mass is 9.81. The van der Waals surface area contributed by atoms with Gasteiger partial charge in [0.15, 0.2) is 0 Å². The first-order chi connectivity index (χ1) is 8.13. The molecule has 1 N–H and O–H groups in total. The van der Waals surface area contributed by atoms with Crippen LogP contribution in [0.3, 0.4) is 0 Å². The van der Waals surface area contributed by atoms with Crippen LogP contribution in [-0.4, -0.2) is 25.2 Å². The van der Waals surface area contributed by atoms with E-state index < -0.39 is 0 Å². The Balaban J connectivity index is 2.09. The Hall–Kier alpha value is -0.570. The van der Waals surface area contributed by atoms with Crippen LogP contribution in [-0.2, 0) is 9.53 Å². The fourth-order valence-electron chi connectivity index (χ4n) is 2.47. The van der Waals surface area contributed by atoms with Gasteiger partial charge >= 0.3 is 5.97 Å². The summed E-state index contributed by atoms with van der Waals surface area (Å²) in [6, 6.07) is -0.169. The molecule has 0 aliphatic heterocycles. The van der Waals surface area contributed by atoms with Crippen LogP contribution in [0.15, 0.2) is 0 Å². The van der Waals surface area contributed by atoms with E-state index in [1.807, 2.05) is 13.8 Å². The molecule has 1 rings (SSSR count). The third kappa shape index (κ3) is 5.53. The SMILES string of the molecule is CCOC(=O)C(C)NCCC1CCC(C)CC1. The van der Waals surface area contributed by atoms with Crippen molar-refractivity contribution in [2.75, 3.05) is 13.2 Å². The molecule has 0 bridgehead atoms. The third-order valence-corrected chi connectivity index (χ3v) is 3.78. The van der Waals surface area contributed by atoms with Crippen LogP contribution in [0.5, 0.6) is 0 Å². The highest BCUT2D eigenvalue weighted by Gasteiger charge is 2.19. The summed E-state index contributed by atoms with van der Waals surface area (Å²) in [5, 5.41) is 3.25. The van der Waals surface area contributed by atoms with Crippen molar-refractivity contribution in [2.24, 2.45) is 11.8 Å². The maximum absolute atomic E-state index is 11.4. The van der Waals surface area contributed by atoms with Crippen molar-refractivity contribution in [1.82, 2.24) is 5.32 Å². The summed E-state index contributed by atoms with van der Waals surface area (Å²) in [6.07, 6.45) is 6.65. The van der Waals surface area contributed by atoms with E-state index in [9.17, 15) is 4.79 Å². The molecule has 0 aromatic rings. The van der Waals surface area contributed by atoms with Gasteiger partial charge in [-0.2, -0.15) is 0 Å². The molecule has 1 aliphatic carbocycles. The molecule has 0 radical (unpaired) electrons. The molecule has 0 saturated heterocycles. The van der Waals surface area contributed by atoms with Gasteiger partial charge < -0.3 is 10.1 Å². The Kier molecular flexibility index (Phi) is 6.56. The van der Waals surface area contributed by atoms with Crippen molar-refractivity contribution in [1.29, 1.82) is 0 Å². The number of nitrogens with one attached hydrogen (secondary N) is 1. The molecule has 3 nitrogen and oxygen atoms in total. The first-order valence-corrected chi connectivity index (χ1v) is 7.03. The average molecular weight is 241 g/mol. The van der Waals surface area contributed by atoms with Crippen LogP contribution in [0, 0.1) is 11.8 Å². The minimum atomic E-state index is -0.169. The molecule has 0 amide bonds. The monoisotopic (exact) mass is 241 g/mol. The van der Waals surface area contributed by atoms with E-state index in [1.54, 1.807) is 0 Å². The standard InChI is InChI=1S/C14H27NO2/c1-4-17-14(16)12(3)15-10-9-13-7-5-11(2)6-8-13/h11-13,15H,4-10H2,1-3H3. The zero-order valence-corrected chi connectivity index (χ0v) is 11.5. The van der Waals surface area contributed by atoms with Crippen LogP contribution < -0.4 is 5.32 Å². The molecular weight excluding hydrogens is 214 g/mol. The third-order valence-electron chi connectivity index (χ3n) is 3.78. The van der Waals surface area contributed by atoms with Crippen molar-refractivity contribution in [3.8, 4) is 0 Å². The smallest absolute Gasteiger partial charge is 0.322 e. The van der Waals surface area contributed by atoms with Gasteiger partial charge in [0.2, 0.25) is 0 Å². The molecule has 3 heteroatoms. The molecule has 1 saturated carbocycles. The van der Waals surface area contributed by atoms with Crippen molar-refractivity contribution in [3.63, 3.8) is 0 Å². The molecule has 100 valence electrons. The summed E-state index contributed by atoms with van der Waals surface area (Å²) >= 11 is 0. The van der Waals surface area contributed by atoms with Gasteiger partial charge in [-0.1, -0.05) is 32.6 Å². The van der Waals surface area contributed by atoms with E-state index in [-0.39, 0.29) is 12.0 Å². The Bertz CT molecular complexity index is 222. The fraction of sp³-hybridized carbons (Fsp3) is 0.929. The molecule has 1 atom stereocenters. The van der Waals surface area contributed by atoms with E-state index in [1.165, 1.54) is 32.1 Å². The highest BCUT2D eigenvalue weighted by molar-refractivity contribution is 5.75. The molecule has 0 aromatic heterocycles.